The van der Waals surface area contributed by atoms with Gasteiger partial charge in [0.2, 0.25) is 0 Å². The van der Waals surface area contributed by atoms with E-state index in [1.807, 2.05) is 60.7 Å². The first kappa shape index (κ1) is 23.7. The third kappa shape index (κ3) is 5.54. The van der Waals surface area contributed by atoms with Crippen LogP contribution in [0.5, 0.6) is 11.5 Å². The lowest BCUT2D eigenvalue weighted by Gasteiger charge is -2.14. The Hall–Kier alpha value is -2.49. The Balaban J connectivity index is 1.54. The molecule has 2 amide bonds. The highest BCUT2D eigenvalue weighted by molar-refractivity contribution is 14.1. The summed E-state index contributed by atoms with van der Waals surface area (Å²) in [6.45, 7) is 0.544. The molecule has 168 valence electrons. The van der Waals surface area contributed by atoms with Crippen LogP contribution in [0.3, 0.4) is 0 Å². The van der Waals surface area contributed by atoms with Crippen LogP contribution in [0.25, 0.3) is 6.08 Å². The van der Waals surface area contributed by atoms with Crippen molar-refractivity contribution in [3.8, 4) is 11.5 Å². The molecule has 0 unspecified atom stereocenters. The van der Waals surface area contributed by atoms with Gasteiger partial charge in [0.15, 0.2) is 11.5 Å². The average molecular weight is 592 g/mol. The summed E-state index contributed by atoms with van der Waals surface area (Å²) in [6.07, 6.45) is 1.71. The summed E-state index contributed by atoms with van der Waals surface area (Å²) in [7, 11) is 1.56. The Kier molecular flexibility index (Phi) is 7.62. The summed E-state index contributed by atoms with van der Waals surface area (Å²) in [6, 6.07) is 20.6. The van der Waals surface area contributed by atoms with E-state index in [1.54, 1.807) is 19.3 Å². The summed E-state index contributed by atoms with van der Waals surface area (Å²) in [5, 5.41) is 0.353. The maximum atomic E-state index is 12.9. The summed E-state index contributed by atoms with van der Waals surface area (Å²) in [5.74, 6) is 0.818. The van der Waals surface area contributed by atoms with Crippen LogP contribution in [0.4, 0.5) is 4.79 Å². The molecule has 1 heterocycles. The number of imide groups is 1. The van der Waals surface area contributed by atoms with Crippen LogP contribution < -0.4 is 9.47 Å². The Morgan fingerprint density at radius 1 is 1.06 bits per heavy atom. The third-order valence-corrected chi connectivity index (χ3v) is 7.01. The molecule has 0 spiro atoms. The van der Waals surface area contributed by atoms with Crippen molar-refractivity contribution >= 4 is 63.2 Å². The van der Waals surface area contributed by atoms with E-state index in [0.717, 1.165) is 32.0 Å². The van der Waals surface area contributed by atoms with Crippen LogP contribution in [0.15, 0.2) is 71.6 Å². The van der Waals surface area contributed by atoms with Gasteiger partial charge in [0.25, 0.3) is 11.1 Å². The molecular weight excluding hydrogens is 573 g/mol. The van der Waals surface area contributed by atoms with E-state index in [0.29, 0.717) is 28.0 Å². The van der Waals surface area contributed by atoms with Gasteiger partial charge in [-0.15, -0.1) is 0 Å². The number of nitrogens with zero attached hydrogens (tertiary/aromatic N) is 1. The van der Waals surface area contributed by atoms with Gasteiger partial charge in [-0.25, -0.2) is 0 Å². The molecule has 1 fully saturated rings. The molecule has 0 aromatic heterocycles. The fourth-order valence-corrected chi connectivity index (χ4v) is 5.09. The number of amides is 2. The minimum absolute atomic E-state index is 0.249. The number of carbonyl (C=O) groups excluding carboxylic acids is 2. The second-order valence-corrected chi connectivity index (χ2v) is 9.73. The van der Waals surface area contributed by atoms with Crippen LogP contribution in [0, 0.1) is 3.57 Å². The lowest BCUT2D eigenvalue weighted by Crippen LogP contribution is -2.27. The van der Waals surface area contributed by atoms with Gasteiger partial charge in [0.1, 0.15) is 6.61 Å². The van der Waals surface area contributed by atoms with Crippen LogP contribution in [-0.2, 0) is 17.9 Å². The molecule has 0 aliphatic carbocycles. The van der Waals surface area contributed by atoms with Crippen molar-refractivity contribution in [1.82, 2.24) is 4.90 Å². The fraction of sp³-hybridized carbons (Fsp3) is 0.120. The van der Waals surface area contributed by atoms with Gasteiger partial charge < -0.3 is 9.47 Å². The molecule has 0 N–H and O–H groups in total. The molecule has 0 radical (unpaired) electrons. The fourth-order valence-electron chi connectivity index (χ4n) is 3.28. The summed E-state index contributed by atoms with van der Waals surface area (Å²) in [5.41, 5.74) is 2.51. The molecule has 0 saturated carbocycles. The van der Waals surface area contributed by atoms with E-state index in [9.17, 15) is 9.59 Å². The van der Waals surface area contributed by atoms with Gasteiger partial charge in [0, 0.05) is 10.6 Å². The van der Waals surface area contributed by atoms with E-state index >= 15 is 0 Å². The smallest absolute Gasteiger partial charge is 0.293 e. The lowest BCUT2D eigenvalue weighted by molar-refractivity contribution is -0.123. The number of ether oxygens (including phenoxy) is 2. The third-order valence-electron chi connectivity index (χ3n) is 4.94. The number of halogens is 2. The molecule has 4 rings (SSSR count). The number of thioether (sulfide) groups is 1. The topological polar surface area (TPSA) is 55.8 Å². The first-order chi connectivity index (χ1) is 16.0. The van der Waals surface area contributed by atoms with Gasteiger partial charge in [-0.2, -0.15) is 0 Å². The Morgan fingerprint density at radius 2 is 1.79 bits per heavy atom. The normalized spacial score (nSPS) is 14.8. The second kappa shape index (κ2) is 10.6. The maximum absolute atomic E-state index is 12.9. The number of carbonyl (C=O) groups is 2. The molecule has 3 aromatic carbocycles. The maximum Gasteiger partial charge on any atom is 0.293 e. The molecule has 0 bridgehead atoms. The molecule has 1 aliphatic rings. The molecule has 5 nitrogen and oxygen atoms in total. The number of benzene rings is 3. The van der Waals surface area contributed by atoms with Crippen LogP contribution in [0.2, 0.25) is 5.02 Å². The zero-order chi connectivity index (χ0) is 23.4. The Morgan fingerprint density at radius 3 is 2.52 bits per heavy atom. The summed E-state index contributed by atoms with van der Waals surface area (Å²) >= 11 is 9.33. The number of hydrogen-bond acceptors (Lipinski definition) is 5. The van der Waals surface area contributed by atoms with Crippen molar-refractivity contribution in [1.29, 1.82) is 0 Å². The number of rotatable bonds is 7. The van der Waals surface area contributed by atoms with Gasteiger partial charge in [0.05, 0.1) is 22.1 Å². The standard InChI is InChI=1S/C25H19ClINO4S/c1-31-21-12-17(11-20(27)23(21)32-15-18-9-5-6-10-19(18)26)13-22-24(29)28(25(30)33-22)14-16-7-3-2-4-8-16/h2-13H,14-15H2,1H3/b22-13-. The molecule has 0 atom stereocenters. The molecule has 1 saturated heterocycles. The van der Waals surface area contributed by atoms with Crippen molar-refractivity contribution in [2.24, 2.45) is 0 Å². The highest BCUT2D eigenvalue weighted by Gasteiger charge is 2.35. The van der Waals surface area contributed by atoms with E-state index in [2.05, 4.69) is 22.6 Å². The monoisotopic (exact) mass is 591 g/mol. The average Bonchev–Trinajstić information content (AvgIpc) is 3.07. The number of hydrogen-bond donors (Lipinski definition) is 0. The van der Waals surface area contributed by atoms with Crippen LogP contribution >= 0.6 is 46.0 Å². The highest BCUT2D eigenvalue weighted by atomic mass is 127. The minimum atomic E-state index is -0.304. The van der Waals surface area contributed by atoms with Crippen molar-refractivity contribution in [3.63, 3.8) is 0 Å². The predicted molar refractivity (Wildman–Crippen MR) is 139 cm³/mol. The van der Waals surface area contributed by atoms with Crippen molar-refractivity contribution < 1.29 is 19.1 Å². The summed E-state index contributed by atoms with van der Waals surface area (Å²) < 4.78 is 12.4. The zero-order valence-electron chi connectivity index (χ0n) is 17.6. The first-order valence-corrected chi connectivity index (χ1v) is 12.3. The highest BCUT2D eigenvalue weighted by Crippen LogP contribution is 2.38. The SMILES string of the molecule is COc1cc(/C=C2\SC(=O)N(Cc3ccccc3)C2=O)cc(I)c1OCc1ccccc1Cl. The van der Waals surface area contributed by atoms with Crippen molar-refractivity contribution in [2.75, 3.05) is 7.11 Å². The van der Waals surface area contributed by atoms with Crippen molar-refractivity contribution in [3.05, 3.63) is 96.9 Å². The van der Waals surface area contributed by atoms with Crippen LogP contribution in [0.1, 0.15) is 16.7 Å². The quantitative estimate of drug-likeness (QED) is 0.224. The molecule has 8 heteroatoms. The lowest BCUT2D eigenvalue weighted by atomic mass is 10.1. The predicted octanol–water partition coefficient (Wildman–Crippen LogP) is 6.77. The van der Waals surface area contributed by atoms with E-state index in [1.165, 1.54) is 4.90 Å². The molecule has 1 aliphatic heterocycles. The molecule has 3 aromatic rings. The van der Waals surface area contributed by atoms with E-state index in [4.69, 9.17) is 21.1 Å². The number of methoxy groups -OCH3 is 1. The molecular formula is C25H19ClINO4S. The van der Waals surface area contributed by atoms with E-state index in [-0.39, 0.29) is 17.7 Å². The van der Waals surface area contributed by atoms with Crippen molar-refractivity contribution in [2.45, 2.75) is 13.2 Å². The van der Waals surface area contributed by atoms with Crippen LogP contribution in [-0.4, -0.2) is 23.2 Å². The Labute approximate surface area is 214 Å². The Bertz CT molecular complexity index is 1230. The van der Waals surface area contributed by atoms with Gasteiger partial charge in [-0.1, -0.05) is 60.1 Å². The second-order valence-electron chi connectivity index (χ2n) is 7.17. The zero-order valence-corrected chi connectivity index (χ0v) is 21.3. The first-order valence-electron chi connectivity index (χ1n) is 9.99. The summed E-state index contributed by atoms with van der Waals surface area (Å²) in [4.78, 5) is 27.0. The largest absolute Gasteiger partial charge is 0.493 e. The minimum Gasteiger partial charge on any atom is -0.493 e. The van der Waals surface area contributed by atoms with Gasteiger partial charge in [-0.3, -0.25) is 14.5 Å². The molecule has 33 heavy (non-hydrogen) atoms. The van der Waals surface area contributed by atoms with Gasteiger partial charge >= 0.3 is 0 Å². The van der Waals surface area contributed by atoms with Gasteiger partial charge in [-0.05, 0) is 69.8 Å². The van der Waals surface area contributed by atoms with E-state index < -0.39 is 0 Å².